The maximum atomic E-state index is 4.22. The quantitative estimate of drug-likeness (QED) is 0.823. The van der Waals surface area contributed by atoms with Crippen LogP contribution in [-0.2, 0) is 0 Å². The summed E-state index contributed by atoms with van der Waals surface area (Å²) in [5.74, 6) is 0. The first-order chi connectivity index (χ1) is 7.01. The van der Waals surface area contributed by atoms with Gasteiger partial charge in [0.05, 0.1) is 23.8 Å². The van der Waals surface area contributed by atoms with Gasteiger partial charge in [-0.1, -0.05) is 6.92 Å². The van der Waals surface area contributed by atoms with Gasteiger partial charge in [0.25, 0.3) is 0 Å². The molecule has 0 aromatic carbocycles. The zero-order valence-corrected chi connectivity index (χ0v) is 10.3. The van der Waals surface area contributed by atoms with Gasteiger partial charge in [0.15, 0.2) is 0 Å². The summed E-state index contributed by atoms with van der Waals surface area (Å²) in [7, 11) is 4.02. The molecular formula is C12H21N3. The van der Waals surface area contributed by atoms with Crippen molar-refractivity contribution in [1.82, 2.24) is 4.98 Å². The van der Waals surface area contributed by atoms with Gasteiger partial charge >= 0.3 is 0 Å². The molecular weight excluding hydrogens is 186 g/mol. The fraction of sp³-hybridized carbons (Fsp3) is 0.583. The van der Waals surface area contributed by atoms with Crippen molar-refractivity contribution in [2.75, 3.05) is 24.3 Å². The molecule has 0 aliphatic heterocycles. The third kappa shape index (κ3) is 2.61. The van der Waals surface area contributed by atoms with Crippen molar-refractivity contribution in [3.05, 3.63) is 18.5 Å². The highest BCUT2D eigenvalue weighted by Crippen LogP contribution is 2.25. The third-order valence-electron chi connectivity index (χ3n) is 3.17. The summed E-state index contributed by atoms with van der Waals surface area (Å²) in [6, 6.07) is 2.12. The van der Waals surface area contributed by atoms with Gasteiger partial charge in [-0.2, -0.15) is 0 Å². The van der Waals surface area contributed by atoms with Crippen LogP contribution < -0.4 is 10.2 Å². The average Bonchev–Trinajstić information content (AvgIpc) is 2.28. The minimum absolute atomic E-state index is 0.161. The third-order valence-corrected chi connectivity index (χ3v) is 3.17. The first-order valence-corrected chi connectivity index (χ1v) is 5.38. The van der Waals surface area contributed by atoms with E-state index in [0.29, 0.717) is 0 Å². The van der Waals surface area contributed by atoms with Gasteiger partial charge in [-0.05, 0) is 26.3 Å². The van der Waals surface area contributed by atoms with Crippen LogP contribution in [0.4, 0.5) is 11.4 Å². The van der Waals surface area contributed by atoms with Crippen molar-refractivity contribution in [3.63, 3.8) is 0 Å². The lowest BCUT2D eigenvalue weighted by molar-refractivity contribution is 0.470. The van der Waals surface area contributed by atoms with Gasteiger partial charge in [-0.15, -0.1) is 0 Å². The number of rotatable bonds is 4. The summed E-state index contributed by atoms with van der Waals surface area (Å²) >= 11 is 0. The Kier molecular flexibility index (Phi) is 3.56. The topological polar surface area (TPSA) is 28.2 Å². The maximum Gasteiger partial charge on any atom is 0.0575 e. The molecule has 1 aromatic rings. The summed E-state index contributed by atoms with van der Waals surface area (Å²) in [4.78, 5) is 6.48. The second-order valence-electron chi connectivity index (χ2n) is 4.41. The number of nitrogens with zero attached hydrogens (tertiary/aromatic N) is 2. The Labute approximate surface area is 92.5 Å². The largest absolute Gasteiger partial charge is 0.387 e. The highest BCUT2D eigenvalue weighted by Gasteiger charge is 2.21. The number of hydrogen-bond acceptors (Lipinski definition) is 3. The predicted molar refractivity (Wildman–Crippen MR) is 66.6 cm³/mol. The van der Waals surface area contributed by atoms with Crippen LogP contribution in [0.3, 0.4) is 0 Å². The Morgan fingerprint density at radius 3 is 2.60 bits per heavy atom. The molecule has 0 saturated heterocycles. The number of hydrogen-bond donors (Lipinski definition) is 1. The van der Waals surface area contributed by atoms with E-state index >= 15 is 0 Å². The molecule has 0 atom stereocenters. The van der Waals surface area contributed by atoms with Crippen molar-refractivity contribution in [2.24, 2.45) is 0 Å². The predicted octanol–water partition coefficient (Wildman–Crippen LogP) is 2.75. The minimum Gasteiger partial charge on any atom is -0.387 e. The molecule has 0 spiro atoms. The Bertz CT molecular complexity index is 320. The molecule has 3 heteroatoms. The second kappa shape index (κ2) is 4.51. The van der Waals surface area contributed by atoms with Crippen molar-refractivity contribution in [1.29, 1.82) is 0 Å². The molecule has 1 heterocycles. The van der Waals surface area contributed by atoms with E-state index in [0.717, 1.165) is 17.8 Å². The van der Waals surface area contributed by atoms with Crippen LogP contribution in [0.2, 0.25) is 0 Å². The lowest BCUT2D eigenvalue weighted by atomic mass is 9.99. The number of aromatic nitrogens is 1. The highest BCUT2D eigenvalue weighted by molar-refractivity contribution is 5.56. The molecule has 0 bridgehead atoms. The summed E-state index contributed by atoms with van der Waals surface area (Å²) in [5, 5.41) is 3.10. The Balaban J connectivity index is 2.95. The lowest BCUT2D eigenvalue weighted by Crippen LogP contribution is -2.40. The first-order valence-electron chi connectivity index (χ1n) is 5.38. The van der Waals surface area contributed by atoms with Gasteiger partial charge in [0.1, 0.15) is 0 Å². The van der Waals surface area contributed by atoms with Gasteiger partial charge in [-0.3, -0.25) is 4.98 Å². The summed E-state index contributed by atoms with van der Waals surface area (Å²) < 4.78 is 0. The van der Waals surface area contributed by atoms with Crippen LogP contribution in [0.15, 0.2) is 18.5 Å². The summed E-state index contributed by atoms with van der Waals surface area (Å²) in [5.41, 5.74) is 2.36. The fourth-order valence-corrected chi connectivity index (χ4v) is 1.33. The Morgan fingerprint density at radius 2 is 2.07 bits per heavy atom. The van der Waals surface area contributed by atoms with Crippen LogP contribution in [0.1, 0.15) is 27.2 Å². The Morgan fingerprint density at radius 1 is 1.40 bits per heavy atom. The van der Waals surface area contributed by atoms with Gasteiger partial charge in [0.2, 0.25) is 0 Å². The van der Waals surface area contributed by atoms with Crippen LogP contribution in [0.25, 0.3) is 0 Å². The van der Waals surface area contributed by atoms with Crippen molar-refractivity contribution in [3.8, 4) is 0 Å². The average molecular weight is 207 g/mol. The van der Waals surface area contributed by atoms with Crippen molar-refractivity contribution in [2.45, 2.75) is 32.7 Å². The van der Waals surface area contributed by atoms with E-state index < -0.39 is 0 Å². The molecule has 0 aliphatic carbocycles. The molecule has 84 valence electrons. The van der Waals surface area contributed by atoms with Gasteiger partial charge < -0.3 is 10.2 Å². The molecule has 15 heavy (non-hydrogen) atoms. The first kappa shape index (κ1) is 11.8. The monoisotopic (exact) mass is 207 g/mol. The molecule has 1 rings (SSSR count). The van der Waals surface area contributed by atoms with Crippen LogP contribution >= 0.6 is 0 Å². The van der Waals surface area contributed by atoms with Crippen molar-refractivity contribution < 1.29 is 0 Å². The molecule has 3 nitrogen and oxygen atoms in total. The molecule has 0 aliphatic rings. The van der Waals surface area contributed by atoms with E-state index in [4.69, 9.17) is 0 Å². The van der Waals surface area contributed by atoms with Gasteiger partial charge in [-0.25, -0.2) is 0 Å². The lowest BCUT2D eigenvalue weighted by Gasteiger charge is -2.36. The van der Waals surface area contributed by atoms with Crippen molar-refractivity contribution >= 4 is 11.4 Å². The molecule has 0 fully saturated rings. The van der Waals surface area contributed by atoms with E-state index in [1.165, 1.54) is 0 Å². The number of pyridine rings is 1. The van der Waals surface area contributed by atoms with E-state index in [1.54, 1.807) is 0 Å². The second-order valence-corrected chi connectivity index (χ2v) is 4.41. The standard InChI is InChI=1S/C12H21N3/c1-6-12(2,3)15(5)11-7-10(13-4)8-14-9-11/h7-9,13H,6H2,1-5H3. The fourth-order valence-electron chi connectivity index (χ4n) is 1.33. The molecule has 0 amide bonds. The molecule has 1 aromatic heterocycles. The summed E-state index contributed by atoms with van der Waals surface area (Å²) in [6.45, 7) is 6.67. The van der Waals surface area contributed by atoms with Gasteiger partial charge in [0, 0.05) is 19.6 Å². The minimum atomic E-state index is 0.161. The molecule has 0 saturated carbocycles. The molecule has 1 N–H and O–H groups in total. The normalized spacial score (nSPS) is 11.3. The molecule has 0 radical (unpaired) electrons. The number of nitrogens with one attached hydrogen (secondary N) is 1. The summed E-state index contributed by atoms with van der Waals surface area (Å²) in [6.07, 6.45) is 4.84. The highest BCUT2D eigenvalue weighted by atomic mass is 15.2. The van der Waals surface area contributed by atoms with E-state index in [1.807, 2.05) is 19.4 Å². The number of anilines is 2. The zero-order chi connectivity index (χ0) is 11.5. The smallest absolute Gasteiger partial charge is 0.0575 e. The van der Waals surface area contributed by atoms with Crippen LogP contribution in [-0.4, -0.2) is 24.6 Å². The van der Waals surface area contributed by atoms with Crippen LogP contribution in [0, 0.1) is 0 Å². The van der Waals surface area contributed by atoms with Crippen LogP contribution in [0.5, 0.6) is 0 Å². The Hall–Kier alpha value is -1.25. The SMILES string of the molecule is CCC(C)(C)N(C)c1cncc(NC)c1. The zero-order valence-electron chi connectivity index (χ0n) is 10.3. The van der Waals surface area contributed by atoms with E-state index in [-0.39, 0.29) is 5.54 Å². The van der Waals surface area contributed by atoms with E-state index in [9.17, 15) is 0 Å². The molecule has 0 unspecified atom stereocenters. The maximum absolute atomic E-state index is 4.22. The van der Waals surface area contributed by atoms with E-state index in [2.05, 4.69) is 49.1 Å².